The Morgan fingerprint density at radius 2 is 1.86 bits per heavy atom. The SMILES string of the molecule is O=C(Nc1cccc(F)c1C(=O)O)c1cc(F)cc(Br)c1. The van der Waals surface area contributed by atoms with Crippen LogP contribution in [0, 0.1) is 11.6 Å². The number of carbonyl (C=O) groups is 2. The fourth-order valence-corrected chi connectivity index (χ4v) is 2.19. The lowest BCUT2D eigenvalue weighted by molar-refractivity contribution is 0.0693. The number of carboxylic acid groups (broad SMARTS) is 1. The highest BCUT2D eigenvalue weighted by molar-refractivity contribution is 9.10. The molecule has 0 unspecified atom stereocenters. The first-order chi connectivity index (χ1) is 9.88. The Morgan fingerprint density at radius 1 is 1.14 bits per heavy atom. The molecule has 0 aliphatic heterocycles. The fourth-order valence-electron chi connectivity index (χ4n) is 1.73. The van der Waals surface area contributed by atoms with Gasteiger partial charge in [0.25, 0.3) is 5.91 Å². The molecule has 0 bridgehead atoms. The van der Waals surface area contributed by atoms with Crippen LogP contribution in [0.1, 0.15) is 20.7 Å². The van der Waals surface area contributed by atoms with Crippen molar-refractivity contribution in [3.05, 3.63) is 63.6 Å². The third-order valence-corrected chi connectivity index (χ3v) is 3.06. The van der Waals surface area contributed by atoms with Crippen molar-refractivity contribution in [2.45, 2.75) is 0 Å². The summed E-state index contributed by atoms with van der Waals surface area (Å²) in [4.78, 5) is 23.0. The summed E-state index contributed by atoms with van der Waals surface area (Å²) < 4.78 is 27.1. The van der Waals surface area contributed by atoms with Crippen LogP contribution in [-0.2, 0) is 0 Å². The summed E-state index contributed by atoms with van der Waals surface area (Å²) in [6.45, 7) is 0. The standard InChI is InChI=1S/C14H8BrF2NO3/c15-8-4-7(5-9(16)6-8)13(19)18-11-3-1-2-10(17)12(11)14(20)21/h1-6H,(H,18,19)(H,20,21). The number of anilines is 1. The maximum atomic E-state index is 13.5. The van der Waals surface area contributed by atoms with E-state index in [1.165, 1.54) is 24.3 Å². The van der Waals surface area contributed by atoms with Crippen LogP contribution in [0.4, 0.5) is 14.5 Å². The summed E-state index contributed by atoms with van der Waals surface area (Å²) in [6, 6.07) is 7.00. The molecule has 0 aromatic heterocycles. The Bertz CT molecular complexity index is 714. The maximum absolute atomic E-state index is 13.5. The van der Waals surface area contributed by atoms with E-state index in [0.717, 1.165) is 12.1 Å². The highest BCUT2D eigenvalue weighted by atomic mass is 79.9. The molecule has 0 aliphatic rings. The molecule has 0 fully saturated rings. The first-order valence-electron chi connectivity index (χ1n) is 5.67. The summed E-state index contributed by atoms with van der Waals surface area (Å²) >= 11 is 3.04. The third kappa shape index (κ3) is 3.43. The van der Waals surface area contributed by atoms with Gasteiger partial charge >= 0.3 is 5.97 Å². The molecule has 2 aromatic carbocycles. The number of rotatable bonds is 3. The van der Waals surface area contributed by atoms with Gasteiger partial charge in [0, 0.05) is 10.0 Å². The van der Waals surface area contributed by atoms with Crippen molar-refractivity contribution in [2.75, 3.05) is 5.32 Å². The number of hydrogen-bond donors (Lipinski definition) is 2. The summed E-state index contributed by atoms with van der Waals surface area (Å²) in [5.41, 5.74) is -0.878. The van der Waals surface area contributed by atoms with Crippen molar-refractivity contribution < 1.29 is 23.5 Å². The number of halogens is 3. The van der Waals surface area contributed by atoms with E-state index >= 15 is 0 Å². The number of carboxylic acids is 1. The topological polar surface area (TPSA) is 66.4 Å². The van der Waals surface area contributed by atoms with Gasteiger partial charge in [0.15, 0.2) is 0 Å². The van der Waals surface area contributed by atoms with E-state index in [-0.39, 0.29) is 11.3 Å². The largest absolute Gasteiger partial charge is 0.478 e. The first kappa shape index (κ1) is 15.1. The van der Waals surface area contributed by atoms with Gasteiger partial charge in [0.1, 0.15) is 17.2 Å². The lowest BCUT2D eigenvalue weighted by Crippen LogP contribution is -2.16. The molecule has 0 radical (unpaired) electrons. The van der Waals surface area contributed by atoms with E-state index in [2.05, 4.69) is 21.2 Å². The summed E-state index contributed by atoms with van der Waals surface area (Å²) in [5, 5.41) is 11.2. The molecule has 4 nitrogen and oxygen atoms in total. The molecular formula is C14H8BrF2NO3. The zero-order chi connectivity index (χ0) is 15.6. The molecule has 21 heavy (non-hydrogen) atoms. The first-order valence-corrected chi connectivity index (χ1v) is 6.47. The molecule has 2 N–H and O–H groups in total. The zero-order valence-corrected chi connectivity index (χ0v) is 11.9. The normalized spacial score (nSPS) is 10.2. The Hall–Kier alpha value is -2.28. The highest BCUT2D eigenvalue weighted by Gasteiger charge is 2.18. The van der Waals surface area contributed by atoms with E-state index in [9.17, 15) is 18.4 Å². The van der Waals surface area contributed by atoms with Crippen LogP contribution in [0.3, 0.4) is 0 Å². The molecule has 2 rings (SSSR count). The van der Waals surface area contributed by atoms with Gasteiger partial charge in [-0.2, -0.15) is 0 Å². The minimum atomic E-state index is -1.51. The van der Waals surface area contributed by atoms with Crippen LogP contribution in [0.25, 0.3) is 0 Å². The smallest absolute Gasteiger partial charge is 0.340 e. The second kappa shape index (κ2) is 6.01. The zero-order valence-electron chi connectivity index (χ0n) is 10.4. The Morgan fingerprint density at radius 3 is 2.48 bits per heavy atom. The molecule has 0 atom stereocenters. The van der Waals surface area contributed by atoms with E-state index in [1.54, 1.807) is 0 Å². The van der Waals surface area contributed by atoms with Gasteiger partial charge in [-0.15, -0.1) is 0 Å². The van der Waals surface area contributed by atoms with Crippen LogP contribution in [0.2, 0.25) is 0 Å². The van der Waals surface area contributed by atoms with Crippen molar-refractivity contribution in [1.29, 1.82) is 0 Å². The van der Waals surface area contributed by atoms with Crippen molar-refractivity contribution in [1.82, 2.24) is 0 Å². The van der Waals surface area contributed by atoms with Crippen molar-refractivity contribution in [3.8, 4) is 0 Å². The average molecular weight is 356 g/mol. The van der Waals surface area contributed by atoms with E-state index in [1.807, 2.05) is 0 Å². The van der Waals surface area contributed by atoms with Gasteiger partial charge in [-0.05, 0) is 30.3 Å². The number of carbonyl (C=O) groups excluding carboxylic acids is 1. The Balaban J connectivity index is 2.36. The summed E-state index contributed by atoms with van der Waals surface area (Å²) in [5.74, 6) is -3.86. The molecule has 0 aliphatic carbocycles. The van der Waals surface area contributed by atoms with E-state index < -0.39 is 29.1 Å². The average Bonchev–Trinajstić information content (AvgIpc) is 2.37. The second-order valence-electron chi connectivity index (χ2n) is 4.08. The van der Waals surface area contributed by atoms with Crippen LogP contribution in [0.5, 0.6) is 0 Å². The van der Waals surface area contributed by atoms with Gasteiger partial charge in [0.05, 0.1) is 5.69 Å². The number of nitrogens with one attached hydrogen (secondary N) is 1. The van der Waals surface area contributed by atoms with Crippen molar-refractivity contribution >= 4 is 33.5 Å². The molecule has 1 amide bonds. The fraction of sp³-hybridized carbons (Fsp3) is 0. The predicted molar refractivity (Wildman–Crippen MR) is 75.4 cm³/mol. The molecule has 0 spiro atoms. The summed E-state index contributed by atoms with van der Waals surface area (Å²) in [7, 11) is 0. The van der Waals surface area contributed by atoms with Crippen molar-refractivity contribution in [2.24, 2.45) is 0 Å². The number of amides is 1. The summed E-state index contributed by atoms with van der Waals surface area (Å²) in [6.07, 6.45) is 0. The molecule has 0 saturated carbocycles. The molecule has 108 valence electrons. The quantitative estimate of drug-likeness (QED) is 0.882. The monoisotopic (exact) mass is 355 g/mol. The van der Waals surface area contributed by atoms with E-state index in [4.69, 9.17) is 5.11 Å². The Labute approximate surface area is 126 Å². The second-order valence-corrected chi connectivity index (χ2v) is 5.00. The number of hydrogen-bond acceptors (Lipinski definition) is 2. The predicted octanol–water partition coefficient (Wildman–Crippen LogP) is 3.68. The lowest BCUT2D eigenvalue weighted by atomic mass is 10.1. The molecule has 2 aromatic rings. The van der Waals surface area contributed by atoms with Crippen LogP contribution in [-0.4, -0.2) is 17.0 Å². The molecule has 7 heteroatoms. The van der Waals surface area contributed by atoms with Gasteiger partial charge in [-0.3, -0.25) is 4.79 Å². The van der Waals surface area contributed by atoms with Crippen LogP contribution < -0.4 is 5.32 Å². The van der Waals surface area contributed by atoms with E-state index in [0.29, 0.717) is 4.47 Å². The van der Waals surface area contributed by atoms with Gasteiger partial charge in [-0.25, -0.2) is 13.6 Å². The molecular weight excluding hydrogens is 348 g/mol. The highest BCUT2D eigenvalue weighted by Crippen LogP contribution is 2.21. The lowest BCUT2D eigenvalue weighted by Gasteiger charge is -2.09. The molecule has 0 saturated heterocycles. The number of benzene rings is 2. The minimum Gasteiger partial charge on any atom is -0.478 e. The van der Waals surface area contributed by atoms with Gasteiger partial charge in [0.2, 0.25) is 0 Å². The van der Waals surface area contributed by atoms with Gasteiger partial charge < -0.3 is 10.4 Å². The van der Waals surface area contributed by atoms with Gasteiger partial charge in [-0.1, -0.05) is 22.0 Å². The van der Waals surface area contributed by atoms with Crippen LogP contribution >= 0.6 is 15.9 Å². The molecule has 0 heterocycles. The minimum absolute atomic E-state index is 0.0255. The van der Waals surface area contributed by atoms with Crippen molar-refractivity contribution in [3.63, 3.8) is 0 Å². The van der Waals surface area contributed by atoms with Crippen LogP contribution in [0.15, 0.2) is 40.9 Å². The Kier molecular flexibility index (Phi) is 4.32. The number of aromatic carboxylic acids is 1. The maximum Gasteiger partial charge on any atom is 0.340 e. The third-order valence-electron chi connectivity index (χ3n) is 2.60.